The monoisotopic (exact) mass is 309 g/mol. The van der Waals surface area contributed by atoms with Crippen LogP contribution in [0.2, 0.25) is 0 Å². The maximum absolute atomic E-state index is 12.1. The summed E-state index contributed by atoms with van der Waals surface area (Å²) in [6.45, 7) is 0. The van der Waals surface area contributed by atoms with Crippen molar-refractivity contribution in [3.63, 3.8) is 0 Å². The summed E-state index contributed by atoms with van der Waals surface area (Å²) in [5.41, 5.74) is -1.32. The van der Waals surface area contributed by atoms with Crippen molar-refractivity contribution >= 4 is 24.4 Å². The zero-order chi connectivity index (χ0) is 12.7. The van der Waals surface area contributed by atoms with E-state index in [4.69, 9.17) is 0 Å². The van der Waals surface area contributed by atoms with Crippen LogP contribution in [0.15, 0.2) is 44.7 Å². The predicted octanol–water partition coefficient (Wildman–Crippen LogP) is -0.576. The average Bonchev–Trinajstić information content (AvgIpc) is 2.66. The molecule has 18 heavy (non-hydrogen) atoms. The van der Waals surface area contributed by atoms with Crippen LogP contribution in [0, 0.1) is 0 Å². The molecule has 90 valence electrons. The van der Waals surface area contributed by atoms with E-state index in [0.717, 1.165) is 4.26 Å². The Labute approximate surface area is 106 Å². The second kappa shape index (κ2) is 3.97. The van der Waals surface area contributed by atoms with E-state index in [1.807, 2.05) is 12.1 Å². The van der Waals surface area contributed by atoms with Gasteiger partial charge in [0.15, 0.2) is 0 Å². The minimum absolute atomic E-state index is 0.188. The fourth-order valence-electron chi connectivity index (χ4n) is 1.70. The molecule has 0 unspecified atom stereocenters. The van der Waals surface area contributed by atoms with E-state index in [2.05, 4.69) is 9.97 Å². The van der Waals surface area contributed by atoms with Gasteiger partial charge in [0.1, 0.15) is 0 Å². The Balaban J connectivity index is 2.38. The van der Waals surface area contributed by atoms with E-state index >= 15 is 0 Å². The molecule has 0 saturated carbocycles. The van der Waals surface area contributed by atoms with Gasteiger partial charge in [0.25, 0.3) is 0 Å². The van der Waals surface area contributed by atoms with Gasteiger partial charge in [-0.3, -0.25) is 0 Å². The number of rotatable bonds is 1. The van der Waals surface area contributed by atoms with Crippen molar-refractivity contribution in [1.29, 1.82) is 0 Å². The first-order chi connectivity index (χ1) is 8.65. The molecular formula is C11H7N3O3Se. The van der Waals surface area contributed by atoms with Crippen molar-refractivity contribution in [3.8, 4) is 5.82 Å². The summed E-state index contributed by atoms with van der Waals surface area (Å²) in [4.78, 5) is 39.1. The summed E-state index contributed by atoms with van der Waals surface area (Å²) in [6, 6.07) is 8.48. The van der Waals surface area contributed by atoms with Crippen molar-refractivity contribution in [2.45, 2.75) is 0 Å². The number of fused-ring (bicyclic) bond motifs is 1. The third kappa shape index (κ3) is 1.70. The van der Waals surface area contributed by atoms with Gasteiger partial charge in [-0.15, -0.1) is 0 Å². The normalized spacial score (nSPS) is 10.9. The summed E-state index contributed by atoms with van der Waals surface area (Å²) >= 11 is -0.260. The molecule has 3 rings (SSSR count). The van der Waals surface area contributed by atoms with Crippen LogP contribution in [-0.4, -0.2) is 28.3 Å². The van der Waals surface area contributed by atoms with E-state index in [9.17, 15) is 14.4 Å². The fraction of sp³-hybridized carbons (Fsp3) is 0. The molecule has 0 atom stereocenters. The second-order valence-corrected chi connectivity index (χ2v) is 5.73. The Morgan fingerprint density at radius 2 is 1.83 bits per heavy atom. The molecule has 0 aliphatic rings. The summed E-state index contributed by atoms with van der Waals surface area (Å²) in [6.07, 6.45) is 0. The molecule has 0 aliphatic heterocycles. The molecule has 2 heterocycles. The van der Waals surface area contributed by atoms with Gasteiger partial charge in [-0.2, -0.15) is 0 Å². The van der Waals surface area contributed by atoms with Crippen LogP contribution in [0.4, 0.5) is 0 Å². The second-order valence-electron chi connectivity index (χ2n) is 3.66. The van der Waals surface area contributed by atoms with E-state index in [1.54, 1.807) is 12.1 Å². The van der Waals surface area contributed by atoms with Gasteiger partial charge in [-0.1, -0.05) is 0 Å². The molecule has 0 radical (unpaired) electrons. The Bertz CT molecular complexity index is 872. The summed E-state index contributed by atoms with van der Waals surface area (Å²) in [5, 5.41) is 0.624. The van der Waals surface area contributed by atoms with Crippen LogP contribution < -0.4 is 16.8 Å². The van der Waals surface area contributed by atoms with Crippen LogP contribution >= 0.6 is 0 Å². The van der Waals surface area contributed by atoms with E-state index < -0.39 is 11.2 Å². The number of aromatic amines is 2. The van der Waals surface area contributed by atoms with E-state index in [1.165, 1.54) is 9.63 Å². The molecule has 6 nitrogen and oxygen atoms in total. The number of aromatic nitrogens is 3. The maximum atomic E-state index is 12.1. The van der Waals surface area contributed by atoms with E-state index in [-0.39, 0.29) is 26.1 Å². The van der Waals surface area contributed by atoms with Crippen molar-refractivity contribution < 1.29 is 0 Å². The third-order valence-corrected chi connectivity index (χ3v) is 4.76. The number of nitrogens with zero attached hydrogens (tertiary/aromatic N) is 1. The van der Waals surface area contributed by atoms with Crippen LogP contribution in [0.5, 0.6) is 0 Å². The predicted molar refractivity (Wildman–Crippen MR) is 67.7 cm³/mol. The Morgan fingerprint density at radius 1 is 1.06 bits per heavy atom. The Morgan fingerprint density at radius 3 is 2.56 bits per heavy atom. The van der Waals surface area contributed by atoms with Gasteiger partial charge in [0.2, 0.25) is 0 Å². The molecule has 2 aromatic heterocycles. The molecule has 0 amide bonds. The summed E-state index contributed by atoms with van der Waals surface area (Å²) in [5.74, 6) is 0.241. The molecule has 7 heteroatoms. The summed E-state index contributed by atoms with van der Waals surface area (Å²) in [7, 11) is 0. The number of H-pyrrole nitrogens is 2. The van der Waals surface area contributed by atoms with Crippen molar-refractivity contribution in [2.24, 2.45) is 0 Å². The first-order valence-corrected chi connectivity index (χ1v) is 6.72. The topological polar surface area (TPSA) is 87.7 Å². The van der Waals surface area contributed by atoms with Crippen molar-refractivity contribution in [2.75, 3.05) is 0 Å². The molecular weight excluding hydrogens is 301 g/mol. The van der Waals surface area contributed by atoms with Gasteiger partial charge in [0.05, 0.1) is 0 Å². The average molecular weight is 308 g/mol. The van der Waals surface area contributed by atoms with Gasteiger partial charge in [-0.25, -0.2) is 0 Å². The summed E-state index contributed by atoms with van der Waals surface area (Å²) < 4.78 is 2.38. The zero-order valence-electron chi connectivity index (χ0n) is 8.97. The Kier molecular flexibility index (Phi) is 2.43. The SMILES string of the molecule is O=c1cc(-n2[se]c3ccccc3c2=O)[nH]c(=O)[nH]1. The van der Waals surface area contributed by atoms with Gasteiger partial charge < -0.3 is 0 Å². The first kappa shape index (κ1) is 11.0. The van der Waals surface area contributed by atoms with E-state index in [0.29, 0.717) is 5.39 Å². The van der Waals surface area contributed by atoms with Crippen LogP contribution in [0.1, 0.15) is 0 Å². The van der Waals surface area contributed by atoms with Crippen LogP contribution in [0.3, 0.4) is 0 Å². The Hall–Kier alpha value is -2.11. The number of benzene rings is 1. The first-order valence-electron chi connectivity index (χ1n) is 5.10. The third-order valence-electron chi connectivity index (χ3n) is 2.46. The molecule has 0 aliphatic carbocycles. The molecule has 0 spiro atoms. The fourth-order valence-corrected chi connectivity index (χ4v) is 3.73. The quantitative estimate of drug-likeness (QED) is 0.590. The zero-order valence-corrected chi connectivity index (χ0v) is 10.7. The molecule has 0 fully saturated rings. The number of hydrogen-bond acceptors (Lipinski definition) is 3. The molecule has 3 aromatic rings. The standard InChI is InChI=1S/C11H7N3O3Se/c15-9-5-8(12-11(17)13-9)14-10(16)6-3-1-2-4-7(6)18-14/h1-5H,(H2,12,13,15,17). The van der Waals surface area contributed by atoms with Gasteiger partial charge in [0, 0.05) is 0 Å². The van der Waals surface area contributed by atoms with Gasteiger partial charge in [-0.05, 0) is 0 Å². The van der Waals surface area contributed by atoms with Crippen LogP contribution in [-0.2, 0) is 0 Å². The van der Waals surface area contributed by atoms with Crippen LogP contribution in [0.25, 0.3) is 15.5 Å². The molecule has 0 bridgehead atoms. The molecule has 2 N–H and O–H groups in total. The molecule has 1 aromatic carbocycles. The van der Waals surface area contributed by atoms with Crippen molar-refractivity contribution in [1.82, 2.24) is 13.5 Å². The van der Waals surface area contributed by atoms with Gasteiger partial charge >= 0.3 is 105 Å². The minimum atomic E-state index is -0.614. The number of hydrogen-bond donors (Lipinski definition) is 2. The molecule has 0 saturated heterocycles. The van der Waals surface area contributed by atoms with Crippen molar-refractivity contribution in [3.05, 3.63) is 61.5 Å². The number of nitrogens with one attached hydrogen (secondary N) is 2.